The van der Waals surface area contributed by atoms with Crippen LogP contribution in [0.25, 0.3) is 0 Å². The van der Waals surface area contributed by atoms with Gasteiger partial charge in [0.2, 0.25) is 0 Å². The van der Waals surface area contributed by atoms with Crippen molar-refractivity contribution in [2.45, 2.75) is 11.0 Å². The van der Waals surface area contributed by atoms with E-state index in [-0.39, 0.29) is 5.82 Å². The molecule has 0 saturated heterocycles. The van der Waals surface area contributed by atoms with Crippen molar-refractivity contribution in [2.75, 3.05) is 12.9 Å². The predicted molar refractivity (Wildman–Crippen MR) is 72.9 cm³/mol. The lowest BCUT2D eigenvalue weighted by Crippen LogP contribution is -2.05. The van der Waals surface area contributed by atoms with Gasteiger partial charge in [-0.25, -0.2) is 4.39 Å². The van der Waals surface area contributed by atoms with Crippen molar-refractivity contribution in [1.29, 1.82) is 0 Å². The van der Waals surface area contributed by atoms with Crippen LogP contribution in [0.1, 0.15) is 11.8 Å². The van der Waals surface area contributed by atoms with E-state index < -0.39 is 6.10 Å². The second-order valence-corrected chi connectivity index (χ2v) is 4.97. The van der Waals surface area contributed by atoms with E-state index in [4.69, 9.17) is 4.74 Å². The van der Waals surface area contributed by atoms with Crippen molar-refractivity contribution in [3.63, 3.8) is 0 Å². The summed E-state index contributed by atoms with van der Waals surface area (Å²) < 4.78 is 17.9. The van der Waals surface area contributed by atoms with Crippen LogP contribution in [0.5, 0.6) is 5.75 Å². The van der Waals surface area contributed by atoms with Gasteiger partial charge in [-0.2, -0.15) is 0 Å². The second kappa shape index (κ2) is 6.54. The first-order valence-corrected chi connectivity index (χ1v) is 6.74. The molecule has 2 rings (SSSR count). The summed E-state index contributed by atoms with van der Waals surface area (Å²) in [4.78, 5) is 5.03. The van der Waals surface area contributed by atoms with Crippen LogP contribution in [0.15, 0.2) is 47.5 Å². The Bertz CT molecular complexity index is 533. The highest BCUT2D eigenvalue weighted by atomic mass is 32.2. The normalized spacial score (nSPS) is 12.2. The summed E-state index contributed by atoms with van der Waals surface area (Å²) in [6.07, 6.45) is 0.884. The Morgan fingerprint density at radius 1 is 1.32 bits per heavy atom. The van der Waals surface area contributed by atoms with Gasteiger partial charge in [0.25, 0.3) is 0 Å². The van der Waals surface area contributed by atoms with Gasteiger partial charge < -0.3 is 9.84 Å². The molecule has 19 heavy (non-hydrogen) atoms. The summed E-state index contributed by atoms with van der Waals surface area (Å²) >= 11 is 1.44. The number of aliphatic hydroxyl groups is 1. The summed E-state index contributed by atoms with van der Waals surface area (Å²) in [5, 5.41) is 10.1. The molecule has 0 saturated carbocycles. The molecule has 0 amide bonds. The van der Waals surface area contributed by atoms with Crippen molar-refractivity contribution in [3.05, 3.63) is 54.1 Å². The molecule has 0 fully saturated rings. The minimum atomic E-state index is -0.730. The van der Waals surface area contributed by atoms with Crippen molar-refractivity contribution in [1.82, 2.24) is 4.98 Å². The van der Waals surface area contributed by atoms with E-state index in [0.29, 0.717) is 17.2 Å². The summed E-state index contributed by atoms with van der Waals surface area (Å²) in [6, 6.07) is 9.67. The van der Waals surface area contributed by atoms with Crippen molar-refractivity contribution in [3.8, 4) is 5.75 Å². The van der Waals surface area contributed by atoms with E-state index in [1.54, 1.807) is 37.6 Å². The quantitative estimate of drug-likeness (QED) is 0.854. The Morgan fingerprint density at radius 2 is 2.05 bits per heavy atom. The third kappa shape index (κ3) is 3.68. The lowest BCUT2D eigenvalue weighted by molar-refractivity contribution is 0.193. The van der Waals surface area contributed by atoms with E-state index in [9.17, 15) is 9.50 Å². The lowest BCUT2D eigenvalue weighted by Gasteiger charge is -2.13. The molecule has 1 atom stereocenters. The van der Waals surface area contributed by atoms with Crippen LogP contribution in [-0.2, 0) is 0 Å². The molecule has 1 heterocycles. The Hall–Kier alpha value is -1.59. The summed E-state index contributed by atoms with van der Waals surface area (Å²) in [5.74, 6) is 0.727. The summed E-state index contributed by atoms with van der Waals surface area (Å²) in [5.41, 5.74) is 0.514. The number of aromatic nitrogens is 1. The van der Waals surface area contributed by atoms with E-state index in [2.05, 4.69) is 4.98 Å². The molecule has 3 nitrogen and oxygen atoms in total. The number of rotatable bonds is 5. The van der Waals surface area contributed by atoms with Crippen LogP contribution in [-0.4, -0.2) is 23.0 Å². The van der Waals surface area contributed by atoms with E-state index in [1.807, 2.05) is 0 Å². The minimum absolute atomic E-state index is 0.267. The average molecular weight is 279 g/mol. The number of hydrogen-bond acceptors (Lipinski definition) is 4. The number of aliphatic hydroxyl groups excluding tert-OH is 1. The molecular weight excluding hydrogens is 265 g/mol. The molecule has 0 aliphatic rings. The van der Waals surface area contributed by atoms with Crippen molar-refractivity contribution in [2.24, 2.45) is 0 Å². The lowest BCUT2D eigenvalue weighted by atomic mass is 10.2. The van der Waals surface area contributed by atoms with Gasteiger partial charge >= 0.3 is 0 Å². The first kappa shape index (κ1) is 13.8. The van der Waals surface area contributed by atoms with E-state index in [0.717, 1.165) is 4.90 Å². The molecule has 100 valence electrons. The van der Waals surface area contributed by atoms with Gasteiger partial charge in [0.1, 0.15) is 23.4 Å². The zero-order valence-corrected chi connectivity index (χ0v) is 11.2. The number of hydrogen-bond donors (Lipinski definition) is 1. The molecule has 0 radical (unpaired) electrons. The third-order valence-electron chi connectivity index (χ3n) is 2.56. The fraction of sp³-hybridized carbons (Fsp3) is 0.214. The fourth-order valence-corrected chi connectivity index (χ4v) is 2.45. The molecule has 1 N–H and O–H groups in total. The monoisotopic (exact) mass is 279 g/mol. The molecule has 2 aromatic rings. The predicted octanol–water partition coefficient (Wildman–Crippen LogP) is 3.06. The highest BCUT2D eigenvalue weighted by Gasteiger charge is 2.14. The van der Waals surface area contributed by atoms with E-state index in [1.165, 1.54) is 23.9 Å². The summed E-state index contributed by atoms with van der Waals surface area (Å²) in [7, 11) is 1.54. The maximum atomic E-state index is 12.8. The smallest absolute Gasteiger partial charge is 0.143 e. The number of nitrogens with zero attached hydrogens (tertiary/aromatic N) is 1. The number of ether oxygens (including phenoxy) is 1. The van der Waals surface area contributed by atoms with Crippen LogP contribution in [0.3, 0.4) is 0 Å². The second-order valence-electron chi connectivity index (χ2n) is 3.87. The van der Waals surface area contributed by atoms with Gasteiger partial charge in [0.05, 0.1) is 7.11 Å². The Kier molecular flexibility index (Phi) is 4.76. The number of halogens is 1. The molecule has 5 heteroatoms. The molecular formula is C14H14FNO2S. The highest BCUT2D eigenvalue weighted by molar-refractivity contribution is 7.99. The number of pyridine rings is 1. The third-order valence-corrected chi connectivity index (χ3v) is 3.64. The van der Waals surface area contributed by atoms with Crippen LogP contribution >= 0.6 is 11.8 Å². The molecule has 0 spiro atoms. The largest absolute Gasteiger partial charge is 0.495 e. The zero-order chi connectivity index (χ0) is 13.7. The van der Waals surface area contributed by atoms with Crippen LogP contribution < -0.4 is 4.74 Å². The maximum Gasteiger partial charge on any atom is 0.143 e. The number of benzene rings is 1. The summed E-state index contributed by atoms with van der Waals surface area (Å²) in [6.45, 7) is 0. The molecule has 1 aromatic carbocycles. The molecule has 1 aromatic heterocycles. The van der Waals surface area contributed by atoms with Crippen molar-refractivity contribution < 1.29 is 14.2 Å². The van der Waals surface area contributed by atoms with Crippen LogP contribution in [0, 0.1) is 5.82 Å². The van der Waals surface area contributed by atoms with Gasteiger partial charge in [-0.3, -0.25) is 4.98 Å². The van der Waals surface area contributed by atoms with Gasteiger partial charge in [-0.05, 0) is 36.4 Å². The SMILES string of the molecule is COc1cccnc1C(O)CSc1ccc(F)cc1. The van der Waals surface area contributed by atoms with Gasteiger partial charge in [-0.15, -0.1) is 11.8 Å². The number of methoxy groups -OCH3 is 1. The highest BCUT2D eigenvalue weighted by Crippen LogP contribution is 2.28. The van der Waals surface area contributed by atoms with Crippen LogP contribution in [0.4, 0.5) is 4.39 Å². The Balaban J connectivity index is 2.01. The topological polar surface area (TPSA) is 42.4 Å². The average Bonchev–Trinajstić information content (AvgIpc) is 2.46. The molecule has 0 bridgehead atoms. The standard InChI is InChI=1S/C14H14FNO2S/c1-18-13-3-2-8-16-14(13)12(17)9-19-11-6-4-10(15)5-7-11/h2-8,12,17H,9H2,1H3. The molecule has 1 unspecified atom stereocenters. The molecule has 0 aliphatic carbocycles. The van der Waals surface area contributed by atoms with Crippen molar-refractivity contribution >= 4 is 11.8 Å². The molecule has 0 aliphatic heterocycles. The number of thioether (sulfide) groups is 1. The fourth-order valence-electron chi connectivity index (χ4n) is 1.61. The first-order chi connectivity index (χ1) is 9.20. The van der Waals surface area contributed by atoms with Gasteiger partial charge in [0.15, 0.2) is 0 Å². The van der Waals surface area contributed by atoms with E-state index >= 15 is 0 Å². The van der Waals surface area contributed by atoms with Gasteiger partial charge in [-0.1, -0.05) is 0 Å². The van der Waals surface area contributed by atoms with Crippen LogP contribution in [0.2, 0.25) is 0 Å². The minimum Gasteiger partial charge on any atom is -0.495 e. The Morgan fingerprint density at radius 3 is 2.74 bits per heavy atom. The zero-order valence-electron chi connectivity index (χ0n) is 10.4. The first-order valence-electron chi connectivity index (χ1n) is 5.76. The maximum absolute atomic E-state index is 12.8. The Labute approximate surface area is 115 Å². The van der Waals surface area contributed by atoms with Gasteiger partial charge in [0, 0.05) is 16.8 Å².